The number of carbonyl (C=O) groups excluding carboxylic acids is 2. The molecule has 0 fully saturated rings. The van der Waals surface area contributed by atoms with Gasteiger partial charge in [-0.3, -0.25) is 19.0 Å². The van der Waals surface area contributed by atoms with Gasteiger partial charge in [-0.05, 0) is 62.4 Å². The number of aryl methyl sites for hydroxylation is 4. The van der Waals surface area contributed by atoms with E-state index in [-0.39, 0.29) is 23.9 Å². The van der Waals surface area contributed by atoms with Crippen LogP contribution in [-0.2, 0) is 17.8 Å². The highest BCUT2D eigenvalue weighted by molar-refractivity contribution is 7.20. The Labute approximate surface area is 207 Å². The van der Waals surface area contributed by atoms with Crippen molar-refractivity contribution in [2.24, 2.45) is 0 Å². The van der Waals surface area contributed by atoms with Gasteiger partial charge in [-0.1, -0.05) is 35.9 Å². The van der Waals surface area contributed by atoms with E-state index in [1.165, 1.54) is 22.2 Å². The minimum absolute atomic E-state index is 0.102. The zero-order valence-electron chi connectivity index (χ0n) is 19.9. The molecule has 2 amide bonds. The van der Waals surface area contributed by atoms with Crippen molar-refractivity contribution in [1.82, 2.24) is 9.55 Å². The number of aromatic nitrogens is 2. The molecule has 3 heterocycles. The largest absolute Gasteiger partial charge is 0.321 e. The molecule has 0 unspecified atom stereocenters. The van der Waals surface area contributed by atoms with Gasteiger partial charge in [0.15, 0.2) is 0 Å². The van der Waals surface area contributed by atoms with E-state index in [1.807, 2.05) is 56.3 Å². The lowest BCUT2D eigenvalue weighted by Gasteiger charge is -2.29. The van der Waals surface area contributed by atoms with E-state index in [4.69, 9.17) is 0 Å². The minimum Gasteiger partial charge on any atom is -0.321 e. The Morgan fingerprint density at radius 2 is 1.91 bits per heavy atom. The minimum atomic E-state index is -0.312. The van der Waals surface area contributed by atoms with Crippen LogP contribution in [0, 0.1) is 20.8 Å². The predicted molar refractivity (Wildman–Crippen MR) is 140 cm³/mol. The Kier molecular flexibility index (Phi) is 5.98. The number of benzene rings is 2. The molecule has 4 aromatic rings. The Morgan fingerprint density at radius 3 is 2.71 bits per heavy atom. The van der Waals surface area contributed by atoms with Crippen LogP contribution in [0.5, 0.6) is 0 Å². The van der Waals surface area contributed by atoms with Gasteiger partial charge in [-0.2, -0.15) is 0 Å². The van der Waals surface area contributed by atoms with E-state index in [9.17, 15) is 14.4 Å². The molecule has 0 aliphatic carbocycles. The van der Waals surface area contributed by atoms with Gasteiger partial charge in [0.05, 0.1) is 16.6 Å². The maximum absolute atomic E-state index is 13.3. The average Bonchev–Trinajstić information content (AvgIpc) is 3.19. The summed E-state index contributed by atoms with van der Waals surface area (Å²) in [6, 6.07) is 13.7. The number of hydrogen-bond donors (Lipinski definition) is 1. The van der Waals surface area contributed by atoms with Crippen molar-refractivity contribution >= 4 is 44.7 Å². The highest BCUT2D eigenvalue weighted by atomic mass is 32.1. The highest BCUT2D eigenvalue weighted by Crippen LogP contribution is 2.29. The number of hydrogen-bond acceptors (Lipinski definition) is 5. The van der Waals surface area contributed by atoms with Gasteiger partial charge in [0.2, 0.25) is 5.91 Å². The fourth-order valence-corrected chi connectivity index (χ4v) is 5.68. The second kappa shape index (κ2) is 9.11. The normalized spacial score (nSPS) is 13.1. The summed E-state index contributed by atoms with van der Waals surface area (Å²) < 4.78 is 1.34. The number of anilines is 2. The quantitative estimate of drug-likeness (QED) is 0.456. The van der Waals surface area contributed by atoms with E-state index < -0.39 is 0 Å². The standard InChI is InChI=1S/C27H26N4O3S/c1-16-10-11-20(17(2)13-16)29-25(33)24-18(3)23-26(35-24)28-15-30(27(23)34)14-22(32)31-12-6-8-19-7-4-5-9-21(19)31/h4-5,7,9-11,13,15H,6,8,12,14H2,1-3H3,(H,29,33). The molecule has 0 spiro atoms. The smallest absolute Gasteiger partial charge is 0.266 e. The first-order valence-electron chi connectivity index (χ1n) is 11.6. The second-order valence-corrected chi connectivity index (χ2v) is 9.96. The van der Waals surface area contributed by atoms with E-state index in [1.54, 1.807) is 11.8 Å². The van der Waals surface area contributed by atoms with E-state index in [0.29, 0.717) is 27.2 Å². The summed E-state index contributed by atoms with van der Waals surface area (Å²) in [5, 5.41) is 3.33. The van der Waals surface area contributed by atoms with Crippen LogP contribution in [0.15, 0.2) is 53.6 Å². The molecule has 2 aromatic heterocycles. The summed E-state index contributed by atoms with van der Waals surface area (Å²) in [5.41, 5.74) is 5.13. The van der Waals surface area contributed by atoms with Crippen LogP contribution in [0.4, 0.5) is 11.4 Å². The molecule has 35 heavy (non-hydrogen) atoms. The Hall–Kier alpha value is -3.78. The summed E-state index contributed by atoms with van der Waals surface area (Å²) in [6.07, 6.45) is 3.23. The fourth-order valence-electron chi connectivity index (χ4n) is 4.65. The van der Waals surface area contributed by atoms with Crippen LogP contribution >= 0.6 is 11.3 Å². The number of para-hydroxylation sites is 1. The summed E-state index contributed by atoms with van der Waals surface area (Å²) in [7, 11) is 0. The third kappa shape index (κ3) is 4.25. The molecule has 2 aromatic carbocycles. The maximum atomic E-state index is 13.3. The molecule has 1 aliphatic rings. The second-order valence-electron chi connectivity index (χ2n) is 8.96. The molecule has 0 saturated carbocycles. The summed E-state index contributed by atoms with van der Waals surface area (Å²) >= 11 is 1.19. The van der Waals surface area contributed by atoms with Crippen LogP contribution < -0.4 is 15.8 Å². The maximum Gasteiger partial charge on any atom is 0.266 e. The molecule has 5 rings (SSSR count). The number of rotatable bonds is 4. The number of nitrogens with zero attached hydrogens (tertiary/aromatic N) is 3. The highest BCUT2D eigenvalue weighted by Gasteiger charge is 2.24. The number of thiophene rings is 1. The summed E-state index contributed by atoms with van der Waals surface area (Å²) in [6.45, 7) is 6.22. The zero-order valence-corrected chi connectivity index (χ0v) is 20.7. The molecule has 0 radical (unpaired) electrons. The molecule has 1 N–H and O–H groups in total. The van der Waals surface area contributed by atoms with Crippen molar-refractivity contribution in [3.8, 4) is 0 Å². The fraction of sp³-hybridized carbons (Fsp3) is 0.259. The van der Waals surface area contributed by atoms with Gasteiger partial charge in [0.1, 0.15) is 11.4 Å². The molecular weight excluding hydrogens is 460 g/mol. The van der Waals surface area contributed by atoms with Gasteiger partial charge >= 0.3 is 0 Å². The Bertz CT molecular complexity index is 1540. The van der Waals surface area contributed by atoms with Crippen LogP contribution in [0.2, 0.25) is 0 Å². The Morgan fingerprint density at radius 1 is 1.11 bits per heavy atom. The first-order chi connectivity index (χ1) is 16.8. The number of amides is 2. The average molecular weight is 487 g/mol. The van der Waals surface area contributed by atoms with E-state index >= 15 is 0 Å². The first kappa shape index (κ1) is 23.0. The van der Waals surface area contributed by atoms with Crippen molar-refractivity contribution in [3.63, 3.8) is 0 Å². The summed E-state index contributed by atoms with van der Waals surface area (Å²) in [5.74, 6) is -0.425. The van der Waals surface area contributed by atoms with Crippen LogP contribution in [-0.4, -0.2) is 27.9 Å². The Balaban J connectivity index is 1.43. The molecule has 0 bridgehead atoms. The first-order valence-corrected chi connectivity index (χ1v) is 12.4. The SMILES string of the molecule is Cc1ccc(NC(=O)c2sc3ncn(CC(=O)N4CCCc5ccccc54)c(=O)c3c2C)c(C)c1. The molecular formula is C27H26N4O3S. The molecule has 8 heteroatoms. The zero-order chi connectivity index (χ0) is 24.7. The molecule has 178 valence electrons. The lowest BCUT2D eigenvalue weighted by molar-refractivity contribution is -0.119. The topological polar surface area (TPSA) is 84.3 Å². The third-order valence-corrected chi connectivity index (χ3v) is 7.67. The third-order valence-electron chi connectivity index (χ3n) is 6.47. The van der Waals surface area contributed by atoms with Gasteiger partial charge in [0.25, 0.3) is 11.5 Å². The van der Waals surface area contributed by atoms with Gasteiger partial charge in [0, 0.05) is 17.9 Å². The van der Waals surface area contributed by atoms with Crippen LogP contribution in [0.1, 0.15) is 38.3 Å². The number of nitrogens with one attached hydrogen (secondary N) is 1. The molecule has 0 atom stereocenters. The molecule has 0 saturated heterocycles. The van der Waals surface area contributed by atoms with Gasteiger partial charge in [-0.15, -0.1) is 11.3 Å². The van der Waals surface area contributed by atoms with Crippen molar-refractivity contribution in [1.29, 1.82) is 0 Å². The van der Waals surface area contributed by atoms with E-state index in [0.717, 1.165) is 40.9 Å². The lowest BCUT2D eigenvalue weighted by Crippen LogP contribution is -2.39. The van der Waals surface area contributed by atoms with Crippen molar-refractivity contribution in [2.45, 2.75) is 40.2 Å². The van der Waals surface area contributed by atoms with Gasteiger partial charge < -0.3 is 10.2 Å². The van der Waals surface area contributed by atoms with Crippen LogP contribution in [0.25, 0.3) is 10.2 Å². The van der Waals surface area contributed by atoms with E-state index in [2.05, 4.69) is 10.3 Å². The monoisotopic (exact) mass is 486 g/mol. The summed E-state index contributed by atoms with van der Waals surface area (Å²) in [4.78, 5) is 46.6. The number of fused-ring (bicyclic) bond motifs is 2. The lowest BCUT2D eigenvalue weighted by atomic mass is 10.0. The molecule has 1 aliphatic heterocycles. The van der Waals surface area contributed by atoms with Crippen LogP contribution in [0.3, 0.4) is 0 Å². The van der Waals surface area contributed by atoms with Crippen molar-refractivity contribution in [3.05, 3.63) is 86.3 Å². The van der Waals surface area contributed by atoms with Crippen molar-refractivity contribution in [2.75, 3.05) is 16.8 Å². The molecule has 7 nitrogen and oxygen atoms in total. The number of carbonyl (C=O) groups is 2. The van der Waals surface area contributed by atoms with Gasteiger partial charge in [-0.25, -0.2) is 4.98 Å². The van der Waals surface area contributed by atoms with Crippen molar-refractivity contribution < 1.29 is 9.59 Å². The predicted octanol–water partition coefficient (Wildman–Crippen LogP) is 4.61.